The summed E-state index contributed by atoms with van der Waals surface area (Å²) >= 11 is 0. The van der Waals surface area contributed by atoms with Gasteiger partial charge in [0.2, 0.25) is 5.91 Å². The Balaban J connectivity index is 1.83. The molecule has 21 heavy (non-hydrogen) atoms. The smallest absolute Gasteiger partial charge is 0.220 e. The van der Waals surface area contributed by atoms with Crippen LogP contribution in [0.4, 0.5) is 0 Å². The van der Waals surface area contributed by atoms with Crippen LogP contribution in [0.25, 0.3) is 0 Å². The zero-order valence-electron chi connectivity index (χ0n) is 13.0. The van der Waals surface area contributed by atoms with Crippen LogP contribution in [0.15, 0.2) is 48.5 Å². The number of benzene rings is 2. The molecule has 0 radical (unpaired) electrons. The summed E-state index contributed by atoms with van der Waals surface area (Å²) in [6.07, 6.45) is 1.31. The number of aryl methyl sites for hydroxylation is 3. The first kappa shape index (κ1) is 15.3. The summed E-state index contributed by atoms with van der Waals surface area (Å²) in [5.74, 6) is 0.101. The third-order valence-corrected chi connectivity index (χ3v) is 3.72. The molecule has 1 atom stereocenters. The van der Waals surface area contributed by atoms with Crippen molar-refractivity contribution in [1.29, 1.82) is 0 Å². The highest BCUT2D eigenvalue weighted by Crippen LogP contribution is 2.13. The van der Waals surface area contributed by atoms with Gasteiger partial charge in [0.25, 0.3) is 0 Å². The monoisotopic (exact) mass is 281 g/mol. The first-order valence-corrected chi connectivity index (χ1v) is 7.46. The minimum Gasteiger partial charge on any atom is -0.350 e. The maximum absolute atomic E-state index is 12.0. The van der Waals surface area contributed by atoms with Gasteiger partial charge in [0, 0.05) is 6.42 Å². The Morgan fingerprint density at radius 3 is 2.05 bits per heavy atom. The van der Waals surface area contributed by atoms with E-state index in [2.05, 4.69) is 67.7 Å². The zero-order valence-corrected chi connectivity index (χ0v) is 13.0. The van der Waals surface area contributed by atoms with Crippen molar-refractivity contribution >= 4 is 5.91 Å². The van der Waals surface area contributed by atoms with Crippen molar-refractivity contribution in [1.82, 2.24) is 5.32 Å². The molecule has 110 valence electrons. The van der Waals surface area contributed by atoms with Gasteiger partial charge in [0.1, 0.15) is 0 Å². The van der Waals surface area contributed by atoms with Crippen molar-refractivity contribution in [3.63, 3.8) is 0 Å². The van der Waals surface area contributed by atoms with Gasteiger partial charge in [-0.2, -0.15) is 0 Å². The quantitative estimate of drug-likeness (QED) is 0.878. The summed E-state index contributed by atoms with van der Waals surface area (Å²) < 4.78 is 0. The summed E-state index contributed by atoms with van der Waals surface area (Å²) in [6, 6.07) is 16.7. The van der Waals surface area contributed by atoms with Crippen LogP contribution in [0.2, 0.25) is 0 Å². The molecule has 2 nitrogen and oxygen atoms in total. The molecule has 0 aliphatic rings. The lowest BCUT2D eigenvalue weighted by atomic mass is 10.1. The Bertz CT molecular complexity index is 584. The minimum absolute atomic E-state index is 0.0520. The van der Waals surface area contributed by atoms with E-state index < -0.39 is 0 Å². The molecule has 1 N–H and O–H groups in total. The molecule has 1 amide bonds. The molecular weight excluding hydrogens is 258 g/mol. The Hall–Kier alpha value is -2.09. The second kappa shape index (κ2) is 7.07. The molecule has 0 aromatic heterocycles. The lowest BCUT2D eigenvalue weighted by molar-refractivity contribution is -0.121. The minimum atomic E-state index is 0.0520. The number of nitrogens with one attached hydrogen (secondary N) is 1. The van der Waals surface area contributed by atoms with E-state index >= 15 is 0 Å². The molecule has 0 saturated carbocycles. The number of carbonyl (C=O) groups is 1. The predicted octanol–water partition coefficient (Wildman–Crippen LogP) is 4.11. The van der Waals surface area contributed by atoms with Gasteiger partial charge in [0.05, 0.1) is 6.04 Å². The van der Waals surface area contributed by atoms with Gasteiger partial charge in [0.15, 0.2) is 0 Å². The Labute approximate surface area is 127 Å². The summed E-state index contributed by atoms with van der Waals surface area (Å²) in [6.45, 7) is 6.16. The molecule has 0 unspecified atom stereocenters. The second-order valence-electron chi connectivity index (χ2n) is 5.69. The van der Waals surface area contributed by atoms with E-state index in [-0.39, 0.29) is 11.9 Å². The Morgan fingerprint density at radius 2 is 1.48 bits per heavy atom. The normalized spacial score (nSPS) is 12.0. The molecule has 0 bridgehead atoms. The van der Waals surface area contributed by atoms with Crippen molar-refractivity contribution in [2.75, 3.05) is 0 Å². The summed E-state index contributed by atoms with van der Waals surface area (Å²) in [5, 5.41) is 3.06. The second-order valence-corrected chi connectivity index (χ2v) is 5.69. The molecule has 0 saturated heterocycles. The third-order valence-electron chi connectivity index (χ3n) is 3.72. The van der Waals surface area contributed by atoms with E-state index in [1.165, 1.54) is 16.7 Å². The Morgan fingerprint density at radius 1 is 0.952 bits per heavy atom. The number of amides is 1. The maximum Gasteiger partial charge on any atom is 0.220 e. The lowest BCUT2D eigenvalue weighted by Crippen LogP contribution is -2.26. The Kier molecular flexibility index (Phi) is 5.15. The van der Waals surface area contributed by atoms with Gasteiger partial charge in [-0.25, -0.2) is 0 Å². The molecule has 0 spiro atoms. The SMILES string of the molecule is Cc1ccc(CCC(=O)N[C@@H](C)c2ccc(C)cc2)cc1. The van der Waals surface area contributed by atoms with E-state index in [0.717, 1.165) is 12.0 Å². The van der Waals surface area contributed by atoms with Gasteiger partial charge in [-0.05, 0) is 38.3 Å². The number of carbonyl (C=O) groups excluding carboxylic acids is 1. The summed E-state index contributed by atoms with van der Waals surface area (Å²) in [4.78, 5) is 12.0. The molecule has 0 heterocycles. The van der Waals surface area contributed by atoms with Crippen LogP contribution in [0, 0.1) is 13.8 Å². The predicted molar refractivity (Wildman–Crippen MR) is 87.2 cm³/mol. The molecule has 2 aromatic carbocycles. The van der Waals surface area contributed by atoms with Crippen LogP contribution < -0.4 is 5.32 Å². The van der Waals surface area contributed by atoms with E-state index in [9.17, 15) is 4.79 Å². The highest BCUT2D eigenvalue weighted by molar-refractivity contribution is 5.76. The molecule has 2 heteroatoms. The molecule has 0 aliphatic carbocycles. The molecular formula is C19H23NO. The van der Waals surface area contributed by atoms with E-state index in [1.54, 1.807) is 0 Å². The van der Waals surface area contributed by atoms with Crippen LogP contribution in [0.1, 0.15) is 41.6 Å². The van der Waals surface area contributed by atoms with Crippen LogP contribution in [0.3, 0.4) is 0 Å². The number of hydrogen-bond acceptors (Lipinski definition) is 1. The standard InChI is InChI=1S/C19H23NO/c1-14-4-8-17(9-5-14)10-13-19(21)20-16(3)18-11-6-15(2)7-12-18/h4-9,11-12,16H,10,13H2,1-3H3,(H,20,21)/t16-/m0/s1. The average molecular weight is 281 g/mol. The van der Waals surface area contributed by atoms with Crippen LogP contribution in [-0.2, 0) is 11.2 Å². The fourth-order valence-electron chi connectivity index (χ4n) is 2.26. The van der Waals surface area contributed by atoms with Crippen molar-refractivity contribution in [3.8, 4) is 0 Å². The highest BCUT2D eigenvalue weighted by atomic mass is 16.1. The van der Waals surface area contributed by atoms with E-state index in [1.807, 2.05) is 6.92 Å². The summed E-state index contributed by atoms with van der Waals surface area (Å²) in [5.41, 5.74) is 4.83. The topological polar surface area (TPSA) is 29.1 Å². The van der Waals surface area contributed by atoms with E-state index in [4.69, 9.17) is 0 Å². The molecule has 0 fully saturated rings. The van der Waals surface area contributed by atoms with Crippen LogP contribution >= 0.6 is 0 Å². The summed E-state index contributed by atoms with van der Waals surface area (Å²) in [7, 11) is 0. The fraction of sp³-hybridized carbons (Fsp3) is 0.316. The van der Waals surface area contributed by atoms with Crippen molar-refractivity contribution < 1.29 is 4.79 Å². The van der Waals surface area contributed by atoms with Crippen LogP contribution in [0.5, 0.6) is 0 Å². The van der Waals surface area contributed by atoms with Crippen molar-refractivity contribution in [3.05, 3.63) is 70.8 Å². The molecule has 2 aromatic rings. The largest absolute Gasteiger partial charge is 0.350 e. The first-order chi connectivity index (χ1) is 10.0. The van der Waals surface area contributed by atoms with Gasteiger partial charge < -0.3 is 5.32 Å². The van der Waals surface area contributed by atoms with Crippen molar-refractivity contribution in [2.24, 2.45) is 0 Å². The lowest BCUT2D eigenvalue weighted by Gasteiger charge is -2.14. The van der Waals surface area contributed by atoms with Gasteiger partial charge in [-0.3, -0.25) is 4.79 Å². The fourth-order valence-corrected chi connectivity index (χ4v) is 2.26. The van der Waals surface area contributed by atoms with Gasteiger partial charge >= 0.3 is 0 Å². The number of rotatable bonds is 5. The zero-order chi connectivity index (χ0) is 15.2. The van der Waals surface area contributed by atoms with Crippen molar-refractivity contribution in [2.45, 2.75) is 39.7 Å². The molecule has 0 aliphatic heterocycles. The van der Waals surface area contributed by atoms with Crippen LogP contribution in [-0.4, -0.2) is 5.91 Å². The average Bonchev–Trinajstić information content (AvgIpc) is 2.47. The molecule has 2 rings (SSSR count). The van der Waals surface area contributed by atoms with E-state index in [0.29, 0.717) is 6.42 Å². The highest BCUT2D eigenvalue weighted by Gasteiger charge is 2.09. The first-order valence-electron chi connectivity index (χ1n) is 7.46. The number of hydrogen-bond donors (Lipinski definition) is 1. The van der Waals surface area contributed by atoms with Gasteiger partial charge in [-0.1, -0.05) is 59.7 Å². The third kappa shape index (κ3) is 4.75. The maximum atomic E-state index is 12.0. The van der Waals surface area contributed by atoms with Gasteiger partial charge in [-0.15, -0.1) is 0 Å².